The first-order valence-corrected chi connectivity index (χ1v) is 5.52. The van der Waals surface area contributed by atoms with E-state index in [1.807, 2.05) is 50.1 Å². The maximum atomic E-state index is 11.6. The number of nitrogens with two attached hydrogens (primary N) is 1. The van der Waals surface area contributed by atoms with Crippen LogP contribution in [0.5, 0.6) is 0 Å². The zero-order chi connectivity index (χ0) is 13.1. The molecule has 0 unspecified atom stereocenters. The highest BCUT2D eigenvalue weighted by Gasteiger charge is 2.30. The molecule has 1 rings (SSSR count). The van der Waals surface area contributed by atoms with E-state index in [0.717, 1.165) is 5.69 Å². The summed E-state index contributed by atoms with van der Waals surface area (Å²) < 4.78 is 4.79. The van der Waals surface area contributed by atoms with Crippen LogP contribution in [0.4, 0.5) is 11.4 Å². The number of nitrogens with zero attached hydrogens (tertiary/aromatic N) is 1. The van der Waals surface area contributed by atoms with Crippen LogP contribution >= 0.6 is 0 Å². The third-order valence-electron chi connectivity index (χ3n) is 2.72. The van der Waals surface area contributed by atoms with Gasteiger partial charge in [-0.15, -0.1) is 0 Å². The van der Waals surface area contributed by atoms with Crippen LogP contribution in [-0.4, -0.2) is 26.7 Å². The quantitative estimate of drug-likeness (QED) is 0.641. The molecular formula is C13H20N2O2. The summed E-state index contributed by atoms with van der Waals surface area (Å²) in [6.45, 7) is 4.26. The standard InChI is InChI=1S/C13H20N2O2/c1-13(2,12(16)17-4)9-15(3)11-8-6-5-7-10(11)14/h5-8H,9,14H2,1-4H3. The van der Waals surface area contributed by atoms with Gasteiger partial charge in [-0.3, -0.25) is 4.79 Å². The Hall–Kier alpha value is -1.71. The number of carbonyl (C=O) groups excluding carboxylic acids is 1. The average Bonchev–Trinajstić information content (AvgIpc) is 2.27. The second-order valence-corrected chi connectivity index (χ2v) is 4.79. The first-order valence-electron chi connectivity index (χ1n) is 5.52. The van der Waals surface area contributed by atoms with Crippen LogP contribution < -0.4 is 10.6 Å². The molecule has 0 saturated heterocycles. The Labute approximate surface area is 102 Å². The molecule has 0 fully saturated rings. The van der Waals surface area contributed by atoms with Gasteiger partial charge in [0.15, 0.2) is 0 Å². The van der Waals surface area contributed by atoms with Crippen molar-refractivity contribution in [2.45, 2.75) is 13.8 Å². The van der Waals surface area contributed by atoms with E-state index in [-0.39, 0.29) is 5.97 Å². The molecule has 17 heavy (non-hydrogen) atoms. The number of benzene rings is 1. The number of esters is 1. The van der Waals surface area contributed by atoms with Crippen LogP contribution in [-0.2, 0) is 9.53 Å². The Morgan fingerprint density at radius 2 is 2.00 bits per heavy atom. The summed E-state index contributed by atoms with van der Waals surface area (Å²) in [5.74, 6) is -0.223. The topological polar surface area (TPSA) is 55.6 Å². The molecule has 0 spiro atoms. The lowest BCUT2D eigenvalue weighted by Crippen LogP contribution is -2.38. The van der Waals surface area contributed by atoms with Crippen molar-refractivity contribution in [3.05, 3.63) is 24.3 Å². The molecule has 0 saturated carbocycles. The molecule has 4 heteroatoms. The number of hydrogen-bond donors (Lipinski definition) is 1. The Morgan fingerprint density at radius 1 is 1.41 bits per heavy atom. The molecule has 1 aromatic rings. The number of methoxy groups -OCH3 is 1. The number of ether oxygens (including phenoxy) is 1. The minimum absolute atomic E-state index is 0.223. The molecule has 0 aliphatic heterocycles. The molecule has 2 N–H and O–H groups in total. The minimum atomic E-state index is -0.564. The van der Waals surface area contributed by atoms with Gasteiger partial charge in [-0.1, -0.05) is 12.1 Å². The summed E-state index contributed by atoms with van der Waals surface area (Å²) in [4.78, 5) is 13.6. The van der Waals surface area contributed by atoms with Gasteiger partial charge in [0, 0.05) is 13.6 Å². The van der Waals surface area contributed by atoms with E-state index >= 15 is 0 Å². The molecule has 0 amide bonds. The summed E-state index contributed by atoms with van der Waals surface area (Å²) in [5, 5.41) is 0. The highest BCUT2D eigenvalue weighted by atomic mass is 16.5. The zero-order valence-corrected chi connectivity index (χ0v) is 10.9. The van der Waals surface area contributed by atoms with Crippen molar-refractivity contribution in [3.63, 3.8) is 0 Å². The molecule has 0 atom stereocenters. The lowest BCUT2D eigenvalue weighted by atomic mass is 9.93. The minimum Gasteiger partial charge on any atom is -0.469 e. The van der Waals surface area contributed by atoms with Gasteiger partial charge in [0.05, 0.1) is 23.9 Å². The monoisotopic (exact) mass is 236 g/mol. The van der Waals surface area contributed by atoms with E-state index in [1.165, 1.54) is 7.11 Å². The lowest BCUT2D eigenvalue weighted by Gasteiger charge is -2.29. The van der Waals surface area contributed by atoms with Gasteiger partial charge in [-0.25, -0.2) is 0 Å². The van der Waals surface area contributed by atoms with E-state index in [4.69, 9.17) is 10.5 Å². The largest absolute Gasteiger partial charge is 0.469 e. The molecule has 0 radical (unpaired) electrons. The predicted octanol–water partition coefficient (Wildman–Crippen LogP) is 1.90. The van der Waals surface area contributed by atoms with Gasteiger partial charge < -0.3 is 15.4 Å². The first-order chi connectivity index (χ1) is 7.88. The molecule has 0 aromatic heterocycles. The van der Waals surface area contributed by atoms with Crippen molar-refractivity contribution in [2.75, 3.05) is 31.3 Å². The van der Waals surface area contributed by atoms with Crippen molar-refractivity contribution < 1.29 is 9.53 Å². The second-order valence-electron chi connectivity index (χ2n) is 4.79. The van der Waals surface area contributed by atoms with Crippen LogP contribution in [0.25, 0.3) is 0 Å². The summed E-state index contributed by atoms with van der Waals surface area (Å²) in [6.07, 6.45) is 0. The van der Waals surface area contributed by atoms with Crippen LogP contribution in [0.1, 0.15) is 13.8 Å². The molecule has 1 aromatic carbocycles. The third kappa shape index (κ3) is 3.12. The normalized spacial score (nSPS) is 11.1. The molecular weight excluding hydrogens is 216 g/mol. The molecule has 0 bridgehead atoms. The highest BCUT2D eigenvalue weighted by Crippen LogP contribution is 2.26. The maximum absolute atomic E-state index is 11.6. The van der Waals surface area contributed by atoms with Gasteiger partial charge in [-0.2, -0.15) is 0 Å². The van der Waals surface area contributed by atoms with Crippen molar-refractivity contribution in [1.29, 1.82) is 0 Å². The van der Waals surface area contributed by atoms with E-state index < -0.39 is 5.41 Å². The second kappa shape index (κ2) is 5.08. The van der Waals surface area contributed by atoms with Gasteiger partial charge >= 0.3 is 5.97 Å². The van der Waals surface area contributed by atoms with E-state index in [0.29, 0.717) is 12.2 Å². The van der Waals surface area contributed by atoms with Crippen molar-refractivity contribution in [1.82, 2.24) is 0 Å². The average molecular weight is 236 g/mol. The van der Waals surface area contributed by atoms with Gasteiger partial charge in [0.25, 0.3) is 0 Å². The Kier molecular flexibility index (Phi) is 3.99. The summed E-state index contributed by atoms with van der Waals surface area (Å²) in [7, 11) is 3.32. The summed E-state index contributed by atoms with van der Waals surface area (Å²) >= 11 is 0. The van der Waals surface area contributed by atoms with Crippen molar-refractivity contribution >= 4 is 17.3 Å². The third-order valence-corrected chi connectivity index (χ3v) is 2.72. The number of carbonyl (C=O) groups is 1. The van der Waals surface area contributed by atoms with Gasteiger partial charge in [-0.05, 0) is 26.0 Å². The van der Waals surface area contributed by atoms with Gasteiger partial charge in [0.2, 0.25) is 0 Å². The number of para-hydroxylation sites is 2. The predicted molar refractivity (Wildman–Crippen MR) is 69.9 cm³/mol. The van der Waals surface area contributed by atoms with Crippen LogP contribution in [0.2, 0.25) is 0 Å². The molecule has 0 aliphatic rings. The summed E-state index contributed by atoms with van der Waals surface area (Å²) in [6, 6.07) is 7.59. The van der Waals surface area contributed by atoms with Crippen LogP contribution in [0.15, 0.2) is 24.3 Å². The fourth-order valence-corrected chi connectivity index (χ4v) is 1.85. The fourth-order valence-electron chi connectivity index (χ4n) is 1.85. The SMILES string of the molecule is COC(=O)C(C)(C)CN(C)c1ccccc1N. The van der Waals surface area contributed by atoms with Crippen molar-refractivity contribution in [3.8, 4) is 0 Å². The van der Waals surface area contributed by atoms with Crippen LogP contribution in [0, 0.1) is 5.41 Å². The Bertz CT molecular complexity index is 402. The highest BCUT2D eigenvalue weighted by molar-refractivity contribution is 5.77. The summed E-state index contributed by atoms with van der Waals surface area (Å²) in [5.41, 5.74) is 6.95. The molecule has 0 aliphatic carbocycles. The van der Waals surface area contributed by atoms with E-state index in [2.05, 4.69) is 0 Å². The Morgan fingerprint density at radius 3 is 2.53 bits per heavy atom. The number of nitrogen functional groups attached to an aromatic ring is 1. The number of hydrogen-bond acceptors (Lipinski definition) is 4. The Balaban J connectivity index is 2.83. The zero-order valence-electron chi connectivity index (χ0n) is 10.9. The van der Waals surface area contributed by atoms with Gasteiger partial charge in [0.1, 0.15) is 0 Å². The van der Waals surface area contributed by atoms with E-state index in [9.17, 15) is 4.79 Å². The smallest absolute Gasteiger partial charge is 0.313 e. The molecule has 4 nitrogen and oxygen atoms in total. The van der Waals surface area contributed by atoms with Crippen molar-refractivity contribution in [2.24, 2.45) is 5.41 Å². The maximum Gasteiger partial charge on any atom is 0.313 e. The molecule has 0 heterocycles. The number of anilines is 2. The first kappa shape index (κ1) is 13.4. The number of rotatable bonds is 4. The van der Waals surface area contributed by atoms with E-state index in [1.54, 1.807) is 0 Å². The van der Waals surface area contributed by atoms with Crippen LogP contribution in [0.3, 0.4) is 0 Å². The fraction of sp³-hybridized carbons (Fsp3) is 0.462. The lowest BCUT2D eigenvalue weighted by molar-refractivity contribution is -0.150. The molecule has 94 valence electrons.